The van der Waals surface area contributed by atoms with Crippen LogP contribution in [0.15, 0.2) is 29.2 Å². The van der Waals surface area contributed by atoms with Crippen LogP contribution in [-0.4, -0.2) is 47.9 Å². The zero-order chi connectivity index (χ0) is 20.6. The van der Waals surface area contributed by atoms with E-state index in [0.29, 0.717) is 36.1 Å². The summed E-state index contributed by atoms with van der Waals surface area (Å²) in [6, 6.07) is 6.59. The first-order valence-corrected chi connectivity index (χ1v) is 10.8. The van der Waals surface area contributed by atoms with Gasteiger partial charge in [0.25, 0.3) is 0 Å². The Morgan fingerprint density at radius 1 is 1.32 bits per heavy atom. The van der Waals surface area contributed by atoms with Crippen molar-refractivity contribution in [2.75, 3.05) is 25.4 Å². The van der Waals surface area contributed by atoms with Gasteiger partial charge in [0.2, 0.25) is 5.91 Å². The molecule has 156 valence electrons. The Balaban J connectivity index is 1.63. The minimum Gasteiger partial charge on any atom is -0.444 e. The Morgan fingerprint density at radius 3 is 2.79 bits per heavy atom. The maximum absolute atomic E-state index is 13.5. The summed E-state index contributed by atoms with van der Waals surface area (Å²) in [5.74, 6) is 0.639. The lowest BCUT2D eigenvalue weighted by Gasteiger charge is -2.34. The average Bonchev–Trinajstić information content (AvgIpc) is 2.62. The van der Waals surface area contributed by atoms with E-state index in [2.05, 4.69) is 5.32 Å². The van der Waals surface area contributed by atoms with E-state index in [1.54, 1.807) is 23.1 Å². The molecule has 2 rings (SSSR count). The smallest absolute Gasteiger partial charge is 0.410 e. The zero-order valence-corrected chi connectivity index (χ0v) is 17.8. The molecule has 0 spiro atoms. The van der Waals surface area contributed by atoms with Gasteiger partial charge in [-0.1, -0.05) is 12.1 Å². The third-order valence-electron chi connectivity index (χ3n) is 4.47. The molecule has 5 nitrogen and oxygen atoms in total. The summed E-state index contributed by atoms with van der Waals surface area (Å²) >= 11 is 1.35. The zero-order valence-electron chi connectivity index (χ0n) is 17.0. The molecule has 0 aliphatic carbocycles. The van der Waals surface area contributed by atoms with E-state index in [9.17, 15) is 14.0 Å². The molecule has 7 heteroatoms. The number of amides is 2. The van der Waals surface area contributed by atoms with Crippen molar-refractivity contribution in [3.05, 3.63) is 30.1 Å². The summed E-state index contributed by atoms with van der Waals surface area (Å²) in [5.41, 5.74) is -0.487. The standard InChI is InChI=1S/C21H31FN2O3S/c1-21(2,3)27-20(26)24-13-6-7-16(15-24)10-12-23-19(25)11-14-28-18-9-5-4-8-17(18)22/h4-5,8-9,16H,6-7,10-15H2,1-3H3,(H,23,25). The second-order valence-corrected chi connectivity index (χ2v) is 9.24. The van der Waals surface area contributed by atoms with E-state index >= 15 is 0 Å². The molecule has 1 heterocycles. The Bertz CT molecular complexity index is 663. The van der Waals surface area contributed by atoms with E-state index in [0.717, 1.165) is 25.8 Å². The number of ether oxygens (including phenoxy) is 1. The first-order valence-electron chi connectivity index (χ1n) is 9.86. The molecule has 1 unspecified atom stereocenters. The van der Waals surface area contributed by atoms with Crippen LogP contribution in [0.1, 0.15) is 46.5 Å². The van der Waals surface area contributed by atoms with Crippen molar-refractivity contribution in [2.45, 2.75) is 57.0 Å². The van der Waals surface area contributed by atoms with Crippen LogP contribution in [0.2, 0.25) is 0 Å². The van der Waals surface area contributed by atoms with Crippen molar-refractivity contribution in [2.24, 2.45) is 5.92 Å². The first-order chi connectivity index (χ1) is 13.2. The topological polar surface area (TPSA) is 58.6 Å². The average molecular weight is 411 g/mol. The van der Waals surface area contributed by atoms with Gasteiger partial charge in [0, 0.05) is 36.7 Å². The van der Waals surface area contributed by atoms with E-state index < -0.39 is 5.60 Å². The molecule has 1 atom stereocenters. The highest BCUT2D eigenvalue weighted by Gasteiger charge is 2.27. The van der Waals surface area contributed by atoms with Crippen LogP contribution in [-0.2, 0) is 9.53 Å². The number of carbonyl (C=O) groups is 2. The summed E-state index contributed by atoms with van der Waals surface area (Å²) in [7, 11) is 0. The molecular formula is C21H31FN2O3S. The molecule has 0 radical (unpaired) electrons. The van der Waals surface area contributed by atoms with E-state index in [-0.39, 0.29) is 17.8 Å². The molecule has 0 saturated carbocycles. The maximum atomic E-state index is 13.5. The number of likely N-dealkylation sites (tertiary alicyclic amines) is 1. The fraction of sp³-hybridized carbons (Fsp3) is 0.619. The molecule has 1 saturated heterocycles. The van der Waals surface area contributed by atoms with Gasteiger partial charge in [0.1, 0.15) is 11.4 Å². The Hall–Kier alpha value is -1.76. The summed E-state index contributed by atoms with van der Waals surface area (Å²) in [5, 5.41) is 2.93. The monoisotopic (exact) mass is 410 g/mol. The van der Waals surface area contributed by atoms with Gasteiger partial charge in [-0.25, -0.2) is 9.18 Å². The number of thioether (sulfide) groups is 1. The lowest BCUT2D eigenvalue weighted by molar-refractivity contribution is -0.120. The molecule has 2 amide bonds. The number of hydrogen-bond donors (Lipinski definition) is 1. The largest absolute Gasteiger partial charge is 0.444 e. The van der Waals surface area contributed by atoms with E-state index in [1.165, 1.54) is 17.8 Å². The molecule has 1 fully saturated rings. The fourth-order valence-corrected chi connectivity index (χ4v) is 4.00. The number of benzene rings is 1. The molecular weight excluding hydrogens is 379 g/mol. The van der Waals surface area contributed by atoms with Crippen molar-refractivity contribution < 1.29 is 18.7 Å². The molecule has 28 heavy (non-hydrogen) atoms. The highest BCUT2D eigenvalue weighted by molar-refractivity contribution is 7.99. The van der Waals surface area contributed by atoms with Gasteiger partial charge < -0.3 is 15.0 Å². The van der Waals surface area contributed by atoms with Gasteiger partial charge in [0.05, 0.1) is 0 Å². The Kier molecular flexibility index (Phi) is 8.60. The normalized spacial score (nSPS) is 17.3. The van der Waals surface area contributed by atoms with Gasteiger partial charge >= 0.3 is 6.09 Å². The predicted molar refractivity (Wildman–Crippen MR) is 110 cm³/mol. The van der Waals surface area contributed by atoms with Crippen LogP contribution in [0.5, 0.6) is 0 Å². The summed E-state index contributed by atoms with van der Waals surface area (Å²) in [6.45, 7) is 7.60. The van der Waals surface area contributed by atoms with Crippen molar-refractivity contribution in [1.29, 1.82) is 0 Å². The summed E-state index contributed by atoms with van der Waals surface area (Å²) in [4.78, 5) is 26.5. The minimum absolute atomic E-state index is 0.0244. The lowest BCUT2D eigenvalue weighted by atomic mass is 9.95. The highest BCUT2D eigenvalue weighted by Crippen LogP contribution is 2.22. The summed E-state index contributed by atoms with van der Waals surface area (Å²) < 4.78 is 19.0. The van der Waals surface area contributed by atoms with Crippen molar-refractivity contribution >= 4 is 23.8 Å². The Morgan fingerprint density at radius 2 is 2.07 bits per heavy atom. The van der Waals surface area contributed by atoms with E-state index in [1.807, 2.05) is 20.8 Å². The third-order valence-corrected chi connectivity index (χ3v) is 5.52. The molecule has 1 aliphatic rings. The Labute approximate surface area is 171 Å². The molecule has 1 aromatic carbocycles. The number of carbonyl (C=O) groups excluding carboxylic acids is 2. The van der Waals surface area contributed by atoms with Gasteiger partial charge in [-0.2, -0.15) is 0 Å². The number of nitrogens with zero attached hydrogens (tertiary/aromatic N) is 1. The second kappa shape index (κ2) is 10.7. The van der Waals surface area contributed by atoms with Crippen molar-refractivity contribution in [1.82, 2.24) is 10.2 Å². The lowest BCUT2D eigenvalue weighted by Crippen LogP contribution is -2.43. The van der Waals surface area contributed by atoms with Crippen LogP contribution in [0.25, 0.3) is 0 Å². The summed E-state index contributed by atoms with van der Waals surface area (Å²) in [6.07, 6.45) is 2.95. The first kappa shape index (κ1) is 22.5. The van der Waals surface area contributed by atoms with Crippen LogP contribution >= 0.6 is 11.8 Å². The predicted octanol–water partition coefficient (Wildman–Crippen LogP) is 4.46. The van der Waals surface area contributed by atoms with Gasteiger partial charge in [0.15, 0.2) is 0 Å². The van der Waals surface area contributed by atoms with Crippen molar-refractivity contribution in [3.63, 3.8) is 0 Å². The molecule has 0 aromatic heterocycles. The number of halogens is 1. The number of nitrogens with one attached hydrogen (secondary N) is 1. The van der Waals surface area contributed by atoms with Gasteiger partial charge in [-0.05, 0) is 58.1 Å². The van der Waals surface area contributed by atoms with Crippen LogP contribution < -0.4 is 5.32 Å². The van der Waals surface area contributed by atoms with Crippen LogP contribution in [0.4, 0.5) is 9.18 Å². The molecule has 0 bridgehead atoms. The second-order valence-electron chi connectivity index (χ2n) is 8.10. The minimum atomic E-state index is -0.487. The van der Waals surface area contributed by atoms with Gasteiger partial charge in [-0.15, -0.1) is 11.8 Å². The molecule has 1 aliphatic heterocycles. The molecule has 1 N–H and O–H groups in total. The quantitative estimate of drug-likeness (QED) is 0.674. The van der Waals surface area contributed by atoms with E-state index in [4.69, 9.17) is 4.74 Å². The maximum Gasteiger partial charge on any atom is 0.410 e. The number of hydrogen-bond acceptors (Lipinski definition) is 4. The highest BCUT2D eigenvalue weighted by atomic mass is 32.2. The fourth-order valence-electron chi connectivity index (χ4n) is 3.11. The molecule has 1 aromatic rings. The number of piperidine rings is 1. The third kappa shape index (κ3) is 8.09. The van der Waals surface area contributed by atoms with Crippen LogP contribution in [0, 0.1) is 11.7 Å². The van der Waals surface area contributed by atoms with Crippen molar-refractivity contribution in [3.8, 4) is 0 Å². The SMILES string of the molecule is CC(C)(C)OC(=O)N1CCCC(CCNC(=O)CCSc2ccccc2F)C1. The van der Waals surface area contributed by atoms with Crippen LogP contribution in [0.3, 0.4) is 0 Å². The van der Waals surface area contributed by atoms with Gasteiger partial charge in [-0.3, -0.25) is 4.79 Å². The number of rotatable bonds is 7.